The maximum atomic E-state index is 12.2. The molecule has 0 aromatic heterocycles. The van der Waals surface area contributed by atoms with Gasteiger partial charge in [0.2, 0.25) is 15.9 Å². The number of amides is 1. The second kappa shape index (κ2) is 8.14. The van der Waals surface area contributed by atoms with Gasteiger partial charge in [0.25, 0.3) is 0 Å². The first-order chi connectivity index (χ1) is 11.0. The summed E-state index contributed by atoms with van der Waals surface area (Å²) >= 11 is 0. The zero-order valence-corrected chi connectivity index (χ0v) is 13.5. The Hall–Kier alpha value is -1.84. The number of hydrogen-bond acceptors (Lipinski definition) is 6. The molecule has 1 aromatic rings. The summed E-state index contributed by atoms with van der Waals surface area (Å²) in [5.74, 6) is 0.686. The molecule has 0 unspecified atom stereocenters. The van der Waals surface area contributed by atoms with Gasteiger partial charge in [-0.25, -0.2) is 13.1 Å². The van der Waals surface area contributed by atoms with Gasteiger partial charge in [-0.1, -0.05) is 0 Å². The summed E-state index contributed by atoms with van der Waals surface area (Å²) in [6.07, 6.45) is 0.788. The topological polar surface area (TPSA) is 120 Å². The Bertz CT molecular complexity index is 648. The molecule has 0 spiro atoms. The number of nitrogens with two attached hydrogens (primary N) is 1. The minimum atomic E-state index is -3.71. The lowest BCUT2D eigenvalue weighted by atomic mass is 10.3. The summed E-state index contributed by atoms with van der Waals surface area (Å²) in [4.78, 5) is 11.5. The van der Waals surface area contributed by atoms with E-state index in [0.717, 1.165) is 6.42 Å². The number of benzene rings is 1. The SMILES string of the molecule is NCCNC(=O)CCNS(=O)(=O)c1ccc2c(c1)OCCCO2. The number of fused-ring (bicyclic) bond motifs is 1. The van der Waals surface area contributed by atoms with Crippen molar-refractivity contribution in [2.45, 2.75) is 17.7 Å². The maximum absolute atomic E-state index is 12.2. The minimum absolute atomic E-state index is 0.00712. The second-order valence-corrected chi connectivity index (χ2v) is 6.71. The Labute approximate surface area is 135 Å². The third-order valence-electron chi connectivity index (χ3n) is 3.14. The molecule has 0 saturated carbocycles. The van der Waals surface area contributed by atoms with E-state index in [0.29, 0.717) is 37.8 Å². The third-order valence-corrected chi connectivity index (χ3v) is 4.60. The molecule has 8 nitrogen and oxygen atoms in total. The maximum Gasteiger partial charge on any atom is 0.240 e. The molecule has 0 aliphatic carbocycles. The summed E-state index contributed by atoms with van der Waals surface area (Å²) < 4.78 is 37.8. The van der Waals surface area contributed by atoms with Crippen molar-refractivity contribution in [1.82, 2.24) is 10.0 Å². The third kappa shape index (κ3) is 5.08. The Kier molecular flexibility index (Phi) is 6.20. The Morgan fingerprint density at radius 1 is 1.17 bits per heavy atom. The van der Waals surface area contributed by atoms with Crippen LogP contribution < -0.4 is 25.2 Å². The summed E-state index contributed by atoms with van der Waals surface area (Å²) in [6, 6.07) is 4.45. The van der Waals surface area contributed by atoms with Crippen LogP contribution in [-0.4, -0.2) is 47.2 Å². The minimum Gasteiger partial charge on any atom is -0.490 e. The molecule has 0 atom stereocenters. The first-order valence-corrected chi connectivity index (χ1v) is 8.87. The highest BCUT2D eigenvalue weighted by Crippen LogP contribution is 2.31. The van der Waals surface area contributed by atoms with E-state index in [1.165, 1.54) is 12.1 Å². The van der Waals surface area contributed by atoms with Gasteiger partial charge in [0.05, 0.1) is 18.1 Å². The fourth-order valence-electron chi connectivity index (χ4n) is 1.99. The van der Waals surface area contributed by atoms with Crippen LogP contribution in [0.2, 0.25) is 0 Å². The van der Waals surface area contributed by atoms with Gasteiger partial charge in [0.1, 0.15) is 0 Å². The van der Waals surface area contributed by atoms with Gasteiger partial charge in [0, 0.05) is 38.5 Å². The molecular formula is C14H21N3O5S. The molecule has 0 saturated heterocycles. The van der Waals surface area contributed by atoms with E-state index >= 15 is 0 Å². The van der Waals surface area contributed by atoms with Crippen molar-refractivity contribution in [2.24, 2.45) is 5.73 Å². The normalized spacial score (nSPS) is 14.1. The van der Waals surface area contributed by atoms with Gasteiger partial charge < -0.3 is 20.5 Å². The number of ether oxygens (including phenoxy) is 2. The number of sulfonamides is 1. The molecule has 9 heteroatoms. The van der Waals surface area contributed by atoms with E-state index in [4.69, 9.17) is 15.2 Å². The standard InChI is InChI=1S/C14H21N3O5S/c15-5-7-16-14(18)4-6-17-23(19,20)11-2-3-12-13(10-11)22-9-1-8-21-12/h2-3,10,17H,1,4-9,15H2,(H,16,18). The second-order valence-electron chi connectivity index (χ2n) is 4.95. The fraction of sp³-hybridized carbons (Fsp3) is 0.500. The van der Waals surface area contributed by atoms with Crippen LogP contribution in [0.3, 0.4) is 0 Å². The molecule has 2 rings (SSSR count). The summed E-state index contributed by atoms with van der Waals surface area (Å²) in [5.41, 5.74) is 5.27. The summed E-state index contributed by atoms with van der Waals surface area (Å²) in [5, 5.41) is 2.57. The van der Waals surface area contributed by atoms with Crippen LogP contribution in [0.4, 0.5) is 0 Å². The van der Waals surface area contributed by atoms with Gasteiger partial charge >= 0.3 is 0 Å². The fourth-order valence-corrected chi connectivity index (χ4v) is 3.04. The number of carbonyl (C=O) groups is 1. The predicted octanol–water partition coefficient (Wildman–Crippen LogP) is -0.409. The molecule has 23 heavy (non-hydrogen) atoms. The Balaban J connectivity index is 1.97. The van der Waals surface area contributed by atoms with Crippen LogP contribution in [0, 0.1) is 0 Å². The molecule has 1 heterocycles. The highest BCUT2D eigenvalue weighted by atomic mass is 32.2. The van der Waals surface area contributed by atoms with Crippen LogP contribution >= 0.6 is 0 Å². The average molecular weight is 343 g/mol. The van der Waals surface area contributed by atoms with Crippen molar-refractivity contribution in [3.8, 4) is 11.5 Å². The van der Waals surface area contributed by atoms with Crippen LogP contribution in [0.5, 0.6) is 11.5 Å². The lowest BCUT2D eigenvalue weighted by Crippen LogP contribution is -2.33. The monoisotopic (exact) mass is 343 g/mol. The average Bonchev–Trinajstić information content (AvgIpc) is 2.77. The number of nitrogens with one attached hydrogen (secondary N) is 2. The van der Waals surface area contributed by atoms with Crippen LogP contribution in [-0.2, 0) is 14.8 Å². The highest BCUT2D eigenvalue weighted by Gasteiger charge is 2.18. The van der Waals surface area contributed by atoms with Crippen molar-refractivity contribution in [1.29, 1.82) is 0 Å². The van der Waals surface area contributed by atoms with Gasteiger partial charge in [-0.3, -0.25) is 4.79 Å². The quantitative estimate of drug-likeness (QED) is 0.619. The molecule has 128 valence electrons. The molecule has 1 aliphatic heterocycles. The van der Waals surface area contributed by atoms with Gasteiger partial charge in [0.15, 0.2) is 11.5 Å². The highest BCUT2D eigenvalue weighted by molar-refractivity contribution is 7.89. The number of carbonyl (C=O) groups excluding carboxylic acids is 1. The van der Waals surface area contributed by atoms with E-state index in [9.17, 15) is 13.2 Å². The first kappa shape index (κ1) is 17.5. The van der Waals surface area contributed by atoms with Crippen molar-refractivity contribution >= 4 is 15.9 Å². The molecule has 0 radical (unpaired) electrons. The van der Waals surface area contributed by atoms with Crippen LogP contribution in [0.25, 0.3) is 0 Å². The molecular weight excluding hydrogens is 322 g/mol. The van der Waals surface area contributed by atoms with Crippen molar-refractivity contribution in [2.75, 3.05) is 32.8 Å². The largest absolute Gasteiger partial charge is 0.490 e. The molecule has 1 aliphatic rings. The Morgan fingerprint density at radius 2 is 1.91 bits per heavy atom. The van der Waals surface area contributed by atoms with Crippen LogP contribution in [0.1, 0.15) is 12.8 Å². The summed E-state index contributed by atoms with van der Waals surface area (Å²) in [6.45, 7) is 1.73. The van der Waals surface area contributed by atoms with Crippen LogP contribution in [0.15, 0.2) is 23.1 Å². The first-order valence-electron chi connectivity index (χ1n) is 7.39. The molecule has 1 amide bonds. The molecule has 4 N–H and O–H groups in total. The molecule has 0 fully saturated rings. The van der Waals surface area contributed by atoms with Crippen molar-refractivity contribution in [3.63, 3.8) is 0 Å². The number of rotatable bonds is 7. The predicted molar refractivity (Wildman–Crippen MR) is 83.9 cm³/mol. The van der Waals surface area contributed by atoms with E-state index in [2.05, 4.69) is 10.0 Å². The van der Waals surface area contributed by atoms with Gasteiger partial charge in [-0.15, -0.1) is 0 Å². The Morgan fingerprint density at radius 3 is 2.65 bits per heavy atom. The van der Waals surface area contributed by atoms with E-state index in [1.54, 1.807) is 6.07 Å². The smallest absolute Gasteiger partial charge is 0.240 e. The van der Waals surface area contributed by atoms with E-state index < -0.39 is 10.0 Å². The molecule has 1 aromatic carbocycles. The lowest BCUT2D eigenvalue weighted by molar-refractivity contribution is -0.120. The van der Waals surface area contributed by atoms with Gasteiger partial charge in [-0.2, -0.15) is 0 Å². The van der Waals surface area contributed by atoms with Gasteiger partial charge in [-0.05, 0) is 12.1 Å². The van der Waals surface area contributed by atoms with Crippen molar-refractivity contribution < 1.29 is 22.7 Å². The van der Waals surface area contributed by atoms with Crippen molar-refractivity contribution in [3.05, 3.63) is 18.2 Å². The zero-order chi connectivity index (χ0) is 16.7. The zero-order valence-electron chi connectivity index (χ0n) is 12.7. The lowest BCUT2D eigenvalue weighted by Gasteiger charge is -2.11. The summed E-state index contributed by atoms with van der Waals surface area (Å²) in [7, 11) is -3.71. The molecule has 0 bridgehead atoms. The van der Waals surface area contributed by atoms with E-state index in [1.807, 2.05) is 0 Å². The van der Waals surface area contributed by atoms with E-state index in [-0.39, 0.29) is 23.8 Å². The number of hydrogen-bond donors (Lipinski definition) is 3.